The zero-order valence-corrected chi connectivity index (χ0v) is 21.7. The van der Waals surface area contributed by atoms with Crippen LogP contribution >= 0.6 is 11.6 Å². The number of hydrogen-bond donors (Lipinski definition) is 0. The third-order valence-electron chi connectivity index (χ3n) is 6.36. The molecule has 3 heterocycles. The van der Waals surface area contributed by atoms with Crippen molar-refractivity contribution in [3.8, 4) is 23.3 Å². The molecular weight excluding hydrogens is 497 g/mol. The number of aryl methyl sites for hydroxylation is 1. The molecule has 0 bridgehead atoms. The Kier molecular flexibility index (Phi) is 6.33. The highest BCUT2D eigenvalue weighted by molar-refractivity contribution is 6.30. The molecule has 0 saturated carbocycles. The number of anilines is 1. The van der Waals surface area contributed by atoms with Crippen LogP contribution in [0.1, 0.15) is 53.2 Å². The Hall–Kier alpha value is -3.98. The van der Waals surface area contributed by atoms with Gasteiger partial charge in [0.05, 0.1) is 25.5 Å². The van der Waals surface area contributed by atoms with Gasteiger partial charge in [0.1, 0.15) is 17.7 Å². The summed E-state index contributed by atoms with van der Waals surface area (Å²) < 4.78 is 26.8. The summed E-state index contributed by atoms with van der Waals surface area (Å²) in [6.45, 7) is 5.69. The predicted molar refractivity (Wildman–Crippen MR) is 138 cm³/mol. The predicted octanol–water partition coefficient (Wildman–Crippen LogP) is 5.79. The molecule has 1 amide bonds. The van der Waals surface area contributed by atoms with Gasteiger partial charge in [-0.15, -0.1) is 0 Å². The van der Waals surface area contributed by atoms with E-state index in [-0.39, 0.29) is 29.7 Å². The topological polar surface area (TPSA) is 82.4 Å². The van der Waals surface area contributed by atoms with E-state index in [1.807, 2.05) is 30.5 Å². The first-order valence-corrected chi connectivity index (χ1v) is 12.1. The number of amides is 1. The fourth-order valence-electron chi connectivity index (χ4n) is 4.69. The molecule has 2 aromatic carbocycles. The fraction of sp³-hybridized carbons (Fsp3) is 0.259. The van der Waals surface area contributed by atoms with Crippen molar-refractivity contribution in [2.75, 3.05) is 19.1 Å². The normalized spacial score (nSPS) is 14.9. The maximum absolute atomic E-state index is 14.1. The Morgan fingerprint density at radius 2 is 1.78 bits per heavy atom. The molecule has 0 radical (unpaired) electrons. The lowest BCUT2D eigenvalue weighted by Crippen LogP contribution is -2.30. The Bertz CT molecular complexity index is 1500. The van der Waals surface area contributed by atoms with Crippen molar-refractivity contribution in [2.45, 2.75) is 32.9 Å². The van der Waals surface area contributed by atoms with Crippen molar-refractivity contribution in [1.29, 1.82) is 0 Å². The minimum Gasteiger partial charge on any atom is -0.480 e. The van der Waals surface area contributed by atoms with Gasteiger partial charge in [0, 0.05) is 22.9 Å². The molecule has 0 fully saturated rings. The molecule has 0 saturated heterocycles. The van der Waals surface area contributed by atoms with Crippen LogP contribution in [0.25, 0.3) is 11.4 Å². The molecule has 0 N–H and O–H groups in total. The van der Waals surface area contributed by atoms with Gasteiger partial charge in [-0.1, -0.05) is 23.7 Å². The van der Waals surface area contributed by atoms with E-state index in [2.05, 4.69) is 9.97 Å². The van der Waals surface area contributed by atoms with Crippen LogP contribution in [0.4, 0.5) is 10.1 Å². The molecule has 1 atom stereocenters. The lowest BCUT2D eigenvalue weighted by atomic mass is 10.0. The smallest absolute Gasteiger partial charge is 0.319 e. The molecule has 4 aromatic rings. The Labute approximate surface area is 218 Å². The maximum Gasteiger partial charge on any atom is 0.319 e. The number of carbonyl (C=O) groups excluding carboxylic acids is 1. The number of hydrogen-bond acceptors (Lipinski definition) is 6. The van der Waals surface area contributed by atoms with Crippen LogP contribution in [-0.2, 0) is 0 Å². The number of halogens is 2. The number of carbonyl (C=O) groups is 1. The molecule has 1 aliphatic rings. The molecule has 0 aliphatic carbocycles. The molecule has 10 heteroatoms. The molecular formula is C27H25ClFN5O3. The first kappa shape index (κ1) is 24.7. The van der Waals surface area contributed by atoms with E-state index in [4.69, 9.17) is 26.1 Å². The number of rotatable bonds is 6. The monoisotopic (exact) mass is 521 g/mol. The van der Waals surface area contributed by atoms with E-state index in [0.29, 0.717) is 39.0 Å². The summed E-state index contributed by atoms with van der Waals surface area (Å²) in [4.78, 5) is 29.0. The second-order valence-corrected chi connectivity index (χ2v) is 9.41. The van der Waals surface area contributed by atoms with Gasteiger partial charge < -0.3 is 14.0 Å². The van der Waals surface area contributed by atoms with Crippen LogP contribution in [0.15, 0.2) is 48.7 Å². The number of benzene rings is 2. The van der Waals surface area contributed by atoms with Crippen LogP contribution in [0.2, 0.25) is 5.02 Å². The van der Waals surface area contributed by atoms with Gasteiger partial charge in [0.15, 0.2) is 5.69 Å². The number of aromatic nitrogens is 4. The third kappa shape index (κ3) is 4.09. The van der Waals surface area contributed by atoms with E-state index >= 15 is 0 Å². The molecule has 37 heavy (non-hydrogen) atoms. The number of methoxy groups -OCH3 is 2. The molecule has 2 aromatic heterocycles. The van der Waals surface area contributed by atoms with Crippen LogP contribution in [0, 0.1) is 12.7 Å². The maximum atomic E-state index is 14.1. The highest BCUT2D eigenvalue weighted by atomic mass is 35.5. The molecule has 0 spiro atoms. The van der Waals surface area contributed by atoms with E-state index in [0.717, 1.165) is 5.56 Å². The lowest BCUT2D eigenvalue weighted by molar-refractivity contribution is 0.0989. The SMILES string of the molecule is COc1ncc(-c2nc3c(n2C(C)C)C(c2ccc(Cl)cc2)N(c2ccc(F)c(C)c2)C3=O)c(OC)n1. The van der Waals surface area contributed by atoms with Gasteiger partial charge in [-0.05, 0) is 62.2 Å². The zero-order chi connectivity index (χ0) is 26.4. The first-order valence-electron chi connectivity index (χ1n) is 11.7. The average molecular weight is 522 g/mol. The summed E-state index contributed by atoms with van der Waals surface area (Å²) in [6, 6.07) is 11.5. The van der Waals surface area contributed by atoms with Crippen LogP contribution in [0.3, 0.4) is 0 Å². The highest BCUT2D eigenvalue weighted by Gasteiger charge is 2.45. The van der Waals surface area contributed by atoms with Crippen LogP contribution in [0.5, 0.6) is 11.9 Å². The number of fused-ring (bicyclic) bond motifs is 1. The van der Waals surface area contributed by atoms with E-state index in [1.165, 1.54) is 20.3 Å². The van der Waals surface area contributed by atoms with Gasteiger partial charge in [-0.2, -0.15) is 4.98 Å². The standard InChI is InChI=1S/C27H25ClFN5O3/c1-14(2)33-23-21(31-24(33)19-13-30-27(37-5)32-25(19)36-4)26(35)34(18-10-11-20(29)15(3)12-18)22(23)16-6-8-17(28)9-7-16/h6-14,22H,1-5H3. The van der Waals surface area contributed by atoms with Crippen LogP contribution < -0.4 is 14.4 Å². The Balaban J connectivity index is 1.77. The highest BCUT2D eigenvalue weighted by Crippen LogP contribution is 2.45. The Morgan fingerprint density at radius 1 is 1.05 bits per heavy atom. The van der Waals surface area contributed by atoms with E-state index in [9.17, 15) is 9.18 Å². The summed E-state index contributed by atoms with van der Waals surface area (Å²) in [6.07, 6.45) is 1.57. The van der Waals surface area contributed by atoms with E-state index in [1.54, 1.807) is 42.3 Å². The lowest BCUT2D eigenvalue weighted by Gasteiger charge is -2.28. The molecule has 1 aliphatic heterocycles. The van der Waals surface area contributed by atoms with Gasteiger partial charge in [0.2, 0.25) is 5.88 Å². The summed E-state index contributed by atoms with van der Waals surface area (Å²) >= 11 is 6.19. The van der Waals surface area contributed by atoms with Crippen molar-refractivity contribution < 1.29 is 18.7 Å². The minimum absolute atomic E-state index is 0.0874. The van der Waals surface area contributed by atoms with Crippen molar-refractivity contribution in [1.82, 2.24) is 19.5 Å². The van der Waals surface area contributed by atoms with Gasteiger partial charge in [0.25, 0.3) is 5.91 Å². The number of nitrogens with zero attached hydrogens (tertiary/aromatic N) is 5. The van der Waals surface area contributed by atoms with Crippen molar-refractivity contribution in [3.05, 3.63) is 82.0 Å². The quantitative estimate of drug-likeness (QED) is 0.319. The summed E-state index contributed by atoms with van der Waals surface area (Å²) in [5.41, 5.74) is 3.38. The second kappa shape index (κ2) is 9.48. The zero-order valence-electron chi connectivity index (χ0n) is 21.0. The first-order chi connectivity index (χ1) is 17.7. The number of imidazole rings is 1. The number of ether oxygens (including phenoxy) is 2. The molecule has 190 valence electrons. The third-order valence-corrected chi connectivity index (χ3v) is 6.61. The van der Waals surface area contributed by atoms with Crippen LogP contribution in [-0.4, -0.2) is 39.6 Å². The fourth-order valence-corrected chi connectivity index (χ4v) is 4.81. The van der Waals surface area contributed by atoms with Crippen molar-refractivity contribution in [3.63, 3.8) is 0 Å². The molecule has 8 nitrogen and oxygen atoms in total. The largest absolute Gasteiger partial charge is 0.480 e. The van der Waals surface area contributed by atoms with Crippen molar-refractivity contribution >= 4 is 23.2 Å². The summed E-state index contributed by atoms with van der Waals surface area (Å²) in [5, 5.41) is 0.579. The summed E-state index contributed by atoms with van der Waals surface area (Å²) in [5.74, 6) is 0.144. The van der Waals surface area contributed by atoms with E-state index < -0.39 is 6.04 Å². The molecule has 1 unspecified atom stereocenters. The molecule has 5 rings (SSSR count). The minimum atomic E-state index is -0.529. The summed E-state index contributed by atoms with van der Waals surface area (Å²) in [7, 11) is 2.97. The Morgan fingerprint density at radius 3 is 2.41 bits per heavy atom. The van der Waals surface area contributed by atoms with Crippen molar-refractivity contribution in [2.24, 2.45) is 0 Å². The van der Waals surface area contributed by atoms with Gasteiger partial charge >= 0.3 is 6.01 Å². The van der Waals surface area contributed by atoms with Gasteiger partial charge in [-0.25, -0.2) is 14.4 Å². The second-order valence-electron chi connectivity index (χ2n) is 8.98. The van der Waals surface area contributed by atoms with Gasteiger partial charge in [-0.3, -0.25) is 9.69 Å². The average Bonchev–Trinajstić information content (AvgIpc) is 3.41.